The Bertz CT molecular complexity index is 167. The average Bonchev–Trinajstić information content (AvgIpc) is 2.54. The van der Waals surface area contributed by atoms with Gasteiger partial charge in [-0.25, -0.2) is 4.79 Å². The van der Waals surface area contributed by atoms with Crippen molar-refractivity contribution in [3.8, 4) is 0 Å². The molecular weight excluding hydrogens is 146 g/mol. The molecule has 0 spiro atoms. The zero-order chi connectivity index (χ0) is 8.48. The van der Waals surface area contributed by atoms with E-state index in [9.17, 15) is 4.79 Å². The Kier molecular flexibility index (Phi) is 2.04. The van der Waals surface area contributed by atoms with Crippen LogP contribution in [0, 0.1) is 0 Å². The molecule has 11 heavy (non-hydrogen) atoms. The lowest BCUT2D eigenvalue weighted by molar-refractivity contribution is 0.138. The first-order valence-corrected chi connectivity index (χ1v) is 3.58. The molecule has 1 heterocycles. The number of alkyl carbamates (subject to hydrolysis) is 1. The van der Waals surface area contributed by atoms with Crippen LogP contribution in [0.4, 0.5) is 4.79 Å². The first-order valence-electron chi connectivity index (χ1n) is 3.58. The zero-order valence-electron chi connectivity index (χ0n) is 7.01. The minimum atomic E-state index is -0.406. The van der Waals surface area contributed by atoms with Crippen LogP contribution in [0.15, 0.2) is 0 Å². The van der Waals surface area contributed by atoms with E-state index in [-0.39, 0.29) is 11.7 Å². The Morgan fingerprint density at radius 3 is 2.64 bits per heavy atom. The molecule has 1 aliphatic heterocycles. The van der Waals surface area contributed by atoms with Gasteiger partial charge in [-0.15, -0.1) is 0 Å². The normalized spacial score (nSPS) is 25.9. The molecule has 4 nitrogen and oxygen atoms in total. The fourth-order valence-corrected chi connectivity index (χ4v) is 0.791. The Labute approximate surface area is 65.9 Å². The summed E-state index contributed by atoms with van der Waals surface area (Å²) in [6, 6.07) is 0. The lowest BCUT2D eigenvalue weighted by atomic mass is 10.1. The second-order valence-corrected chi connectivity index (χ2v) is 3.06. The van der Waals surface area contributed by atoms with E-state index >= 15 is 0 Å². The highest BCUT2D eigenvalue weighted by molar-refractivity contribution is 5.66. The topological polar surface area (TPSA) is 50.9 Å². The van der Waals surface area contributed by atoms with E-state index in [1.54, 1.807) is 0 Å². The Morgan fingerprint density at radius 1 is 1.73 bits per heavy atom. The van der Waals surface area contributed by atoms with Crippen molar-refractivity contribution in [3.05, 3.63) is 0 Å². The number of rotatable bonds is 2. The van der Waals surface area contributed by atoms with E-state index < -0.39 is 6.09 Å². The second kappa shape index (κ2) is 2.70. The SMILES string of the molecule is CNC(=O)OCC1OC1(C)C. The van der Waals surface area contributed by atoms with Gasteiger partial charge in [-0.2, -0.15) is 0 Å². The van der Waals surface area contributed by atoms with E-state index in [0.717, 1.165) is 0 Å². The number of amides is 1. The molecule has 0 aliphatic carbocycles. The van der Waals surface area contributed by atoms with Crippen molar-refractivity contribution in [2.75, 3.05) is 13.7 Å². The van der Waals surface area contributed by atoms with Gasteiger partial charge in [-0.05, 0) is 13.8 Å². The van der Waals surface area contributed by atoms with Crippen LogP contribution in [0.1, 0.15) is 13.8 Å². The monoisotopic (exact) mass is 159 g/mol. The molecule has 1 unspecified atom stereocenters. The maximum absolute atomic E-state index is 10.6. The molecule has 0 aromatic rings. The summed E-state index contributed by atoms with van der Waals surface area (Å²) in [5, 5.41) is 2.36. The van der Waals surface area contributed by atoms with Crippen molar-refractivity contribution in [2.45, 2.75) is 25.6 Å². The maximum Gasteiger partial charge on any atom is 0.406 e. The first kappa shape index (κ1) is 8.33. The molecule has 0 saturated carbocycles. The number of ether oxygens (including phenoxy) is 2. The number of nitrogens with one attached hydrogen (secondary N) is 1. The highest BCUT2D eigenvalue weighted by atomic mass is 16.6. The zero-order valence-corrected chi connectivity index (χ0v) is 7.01. The van der Waals surface area contributed by atoms with Gasteiger partial charge in [-0.3, -0.25) is 0 Å². The molecule has 0 bridgehead atoms. The van der Waals surface area contributed by atoms with Crippen LogP contribution in [0.3, 0.4) is 0 Å². The number of carbonyl (C=O) groups excluding carboxylic acids is 1. The first-order chi connectivity index (χ1) is 5.06. The number of hydrogen-bond donors (Lipinski definition) is 1. The summed E-state index contributed by atoms with van der Waals surface area (Å²) in [5.74, 6) is 0. The Hall–Kier alpha value is -0.770. The summed E-state index contributed by atoms with van der Waals surface area (Å²) >= 11 is 0. The molecule has 4 heteroatoms. The van der Waals surface area contributed by atoms with Gasteiger partial charge in [0, 0.05) is 7.05 Å². The molecule has 1 N–H and O–H groups in total. The third-order valence-electron chi connectivity index (χ3n) is 1.73. The molecule has 64 valence electrons. The van der Waals surface area contributed by atoms with E-state index in [1.165, 1.54) is 7.05 Å². The van der Waals surface area contributed by atoms with Crippen LogP contribution in [0.5, 0.6) is 0 Å². The third-order valence-corrected chi connectivity index (χ3v) is 1.73. The molecule has 1 amide bonds. The molecule has 1 saturated heterocycles. The molecule has 1 atom stereocenters. The van der Waals surface area contributed by atoms with Crippen LogP contribution < -0.4 is 5.32 Å². The third kappa shape index (κ3) is 2.08. The van der Waals surface area contributed by atoms with Gasteiger partial charge in [-0.1, -0.05) is 0 Å². The smallest absolute Gasteiger partial charge is 0.406 e. The van der Waals surface area contributed by atoms with Crippen molar-refractivity contribution in [1.82, 2.24) is 5.32 Å². The summed E-state index contributed by atoms with van der Waals surface area (Å²) in [6.07, 6.45) is -0.337. The van der Waals surface area contributed by atoms with Gasteiger partial charge in [0.1, 0.15) is 12.7 Å². The fraction of sp³-hybridized carbons (Fsp3) is 0.857. The van der Waals surface area contributed by atoms with Gasteiger partial charge in [0.15, 0.2) is 0 Å². The van der Waals surface area contributed by atoms with E-state index in [4.69, 9.17) is 9.47 Å². The van der Waals surface area contributed by atoms with Crippen molar-refractivity contribution in [2.24, 2.45) is 0 Å². The van der Waals surface area contributed by atoms with Crippen molar-refractivity contribution < 1.29 is 14.3 Å². The van der Waals surface area contributed by atoms with Gasteiger partial charge >= 0.3 is 6.09 Å². The van der Waals surface area contributed by atoms with Crippen molar-refractivity contribution >= 4 is 6.09 Å². The van der Waals surface area contributed by atoms with Crippen LogP contribution in [0.2, 0.25) is 0 Å². The second-order valence-electron chi connectivity index (χ2n) is 3.06. The highest BCUT2D eigenvalue weighted by Gasteiger charge is 2.48. The minimum absolute atomic E-state index is 0.0693. The largest absolute Gasteiger partial charge is 0.447 e. The van der Waals surface area contributed by atoms with Crippen molar-refractivity contribution in [3.63, 3.8) is 0 Å². The lowest BCUT2D eigenvalue weighted by Crippen LogP contribution is -2.22. The van der Waals surface area contributed by atoms with Crippen LogP contribution in [-0.4, -0.2) is 31.5 Å². The average molecular weight is 159 g/mol. The fourth-order valence-electron chi connectivity index (χ4n) is 0.791. The maximum atomic E-state index is 10.6. The van der Waals surface area contributed by atoms with E-state index in [1.807, 2.05) is 13.8 Å². The van der Waals surface area contributed by atoms with Gasteiger partial charge in [0.2, 0.25) is 0 Å². The lowest BCUT2D eigenvalue weighted by Gasteiger charge is -2.00. The van der Waals surface area contributed by atoms with Gasteiger partial charge in [0.05, 0.1) is 5.60 Å². The number of carbonyl (C=O) groups is 1. The quantitative estimate of drug-likeness (QED) is 0.597. The minimum Gasteiger partial charge on any atom is -0.447 e. The van der Waals surface area contributed by atoms with Crippen LogP contribution in [0.25, 0.3) is 0 Å². The Balaban J connectivity index is 2.11. The van der Waals surface area contributed by atoms with Crippen LogP contribution in [-0.2, 0) is 9.47 Å². The number of hydrogen-bond acceptors (Lipinski definition) is 3. The summed E-state index contributed by atoms with van der Waals surface area (Å²) in [5.41, 5.74) is -0.103. The van der Waals surface area contributed by atoms with Crippen molar-refractivity contribution in [1.29, 1.82) is 0 Å². The molecule has 1 fully saturated rings. The summed E-state index contributed by atoms with van der Waals surface area (Å²) in [7, 11) is 1.53. The summed E-state index contributed by atoms with van der Waals surface area (Å²) < 4.78 is 9.97. The summed E-state index contributed by atoms with van der Waals surface area (Å²) in [4.78, 5) is 10.6. The molecule has 1 aliphatic rings. The molecular formula is C7H13NO3. The predicted molar refractivity (Wildman–Crippen MR) is 39.4 cm³/mol. The van der Waals surface area contributed by atoms with E-state index in [0.29, 0.717) is 6.61 Å². The Morgan fingerprint density at radius 2 is 2.27 bits per heavy atom. The molecule has 1 rings (SSSR count). The predicted octanol–water partition coefficient (Wildman–Crippen LogP) is 0.520. The highest BCUT2D eigenvalue weighted by Crippen LogP contribution is 2.35. The molecule has 0 aromatic carbocycles. The van der Waals surface area contributed by atoms with Gasteiger partial charge < -0.3 is 14.8 Å². The summed E-state index contributed by atoms with van der Waals surface area (Å²) in [6.45, 7) is 4.27. The van der Waals surface area contributed by atoms with Gasteiger partial charge in [0.25, 0.3) is 0 Å². The standard InChI is InChI=1S/C7H13NO3/c1-7(2)5(11-7)4-10-6(9)8-3/h5H,4H2,1-3H3,(H,8,9). The number of epoxide rings is 1. The molecule has 0 aromatic heterocycles. The molecule has 0 radical (unpaired) electrons. The van der Waals surface area contributed by atoms with Crippen LogP contribution >= 0.6 is 0 Å². The van der Waals surface area contributed by atoms with E-state index in [2.05, 4.69) is 5.32 Å².